The van der Waals surface area contributed by atoms with Crippen molar-refractivity contribution in [2.24, 2.45) is 0 Å². The van der Waals surface area contributed by atoms with Gasteiger partial charge in [0.1, 0.15) is 22.7 Å². The maximum Gasteiger partial charge on any atom is 0.433 e. The molecular weight excluding hydrogens is 273 g/mol. The lowest BCUT2D eigenvalue weighted by molar-refractivity contribution is -0.141. The van der Waals surface area contributed by atoms with Gasteiger partial charge >= 0.3 is 6.18 Å². The number of hydrogen-bond acceptors (Lipinski definition) is 4. The Balaban J connectivity index is 2.96. The maximum atomic E-state index is 13.0. The molecule has 0 spiro atoms. The van der Waals surface area contributed by atoms with Crippen LogP contribution in [-0.2, 0) is 6.18 Å². The molecule has 20 heavy (non-hydrogen) atoms. The summed E-state index contributed by atoms with van der Waals surface area (Å²) in [4.78, 5) is 3.68. The monoisotopic (exact) mass is 286 g/mol. The van der Waals surface area contributed by atoms with Crippen molar-refractivity contribution in [3.8, 4) is 11.5 Å². The van der Waals surface area contributed by atoms with Gasteiger partial charge in [-0.1, -0.05) is 0 Å². The Hall–Kier alpha value is -2.18. The van der Waals surface area contributed by atoms with Crippen molar-refractivity contribution in [2.75, 3.05) is 20.0 Å². The number of aromatic nitrogens is 1. The first kappa shape index (κ1) is 14.2. The number of pyridine rings is 1. The van der Waals surface area contributed by atoms with Gasteiger partial charge in [-0.3, -0.25) is 0 Å². The molecule has 1 heterocycles. The summed E-state index contributed by atoms with van der Waals surface area (Å²) in [6.07, 6.45) is -4.58. The lowest BCUT2D eigenvalue weighted by Crippen LogP contribution is -2.13. The zero-order valence-corrected chi connectivity index (χ0v) is 11.1. The standard InChI is InChI=1S/C13H13F3N2O2/c1-6-10(17)9-7(19-2)4-5-8(20-3)11(9)18-12(6)13(14,15)16/h4-5H,1-3H3,(H2,17,18). The minimum absolute atomic E-state index is 0.0157. The largest absolute Gasteiger partial charge is 0.496 e. The number of nitrogens with two attached hydrogens (primary N) is 1. The van der Waals surface area contributed by atoms with Gasteiger partial charge in [-0.25, -0.2) is 4.98 Å². The molecule has 1 aromatic heterocycles. The van der Waals surface area contributed by atoms with Crippen LogP contribution < -0.4 is 15.2 Å². The van der Waals surface area contributed by atoms with Crippen LogP contribution in [0.25, 0.3) is 10.9 Å². The number of hydrogen-bond donors (Lipinski definition) is 1. The predicted octanol–water partition coefficient (Wildman–Crippen LogP) is 3.16. The van der Waals surface area contributed by atoms with E-state index in [9.17, 15) is 13.2 Å². The summed E-state index contributed by atoms with van der Waals surface area (Å²) in [6.45, 7) is 1.28. The van der Waals surface area contributed by atoms with Gasteiger partial charge in [0.15, 0.2) is 0 Å². The number of methoxy groups -OCH3 is 2. The van der Waals surface area contributed by atoms with Gasteiger partial charge in [-0.15, -0.1) is 0 Å². The van der Waals surface area contributed by atoms with Crippen molar-refractivity contribution < 1.29 is 22.6 Å². The van der Waals surface area contributed by atoms with Crippen LogP contribution >= 0.6 is 0 Å². The zero-order chi connectivity index (χ0) is 15.1. The Morgan fingerprint density at radius 1 is 1.10 bits per heavy atom. The van der Waals surface area contributed by atoms with Crippen molar-refractivity contribution in [3.05, 3.63) is 23.4 Å². The molecule has 0 aliphatic rings. The van der Waals surface area contributed by atoms with E-state index in [1.54, 1.807) is 6.07 Å². The molecule has 4 nitrogen and oxygen atoms in total. The summed E-state index contributed by atoms with van der Waals surface area (Å²) in [6, 6.07) is 3.06. The smallest absolute Gasteiger partial charge is 0.433 e. The van der Waals surface area contributed by atoms with Crippen molar-refractivity contribution in [1.82, 2.24) is 4.98 Å². The predicted molar refractivity (Wildman–Crippen MR) is 69.0 cm³/mol. The minimum atomic E-state index is -4.58. The summed E-state index contributed by atoms with van der Waals surface area (Å²) in [5, 5.41) is 0.317. The van der Waals surface area contributed by atoms with E-state index in [2.05, 4.69) is 4.98 Å². The third kappa shape index (κ3) is 2.09. The Kier molecular flexibility index (Phi) is 3.37. The quantitative estimate of drug-likeness (QED) is 0.921. The average molecular weight is 286 g/mol. The first-order chi connectivity index (χ1) is 9.31. The first-order valence-corrected chi connectivity index (χ1v) is 5.69. The second-order valence-corrected chi connectivity index (χ2v) is 4.19. The molecule has 108 valence electrons. The molecule has 7 heteroatoms. The van der Waals surface area contributed by atoms with Crippen molar-refractivity contribution in [2.45, 2.75) is 13.1 Å². The van der Waals surface area contributed by atoms with Crippen LogP contribution in [0.2, 0.25) is 0 Å². The van der Waals surface area contributed by atoms with Gasteiger partial charge < -0.3 is 15.2 Å². The van der Waals surface area contributed by atoms with E-state index in [0.29, 0.717) is 11.1 Å². The highest BCUT2D eigenvalue weighted by Crippen LogP contribution is 2.41. The van der Waals surface area contributed by atoms with E-state index in [-0.39, 0.29) is 22.5 Å². The number of nitrogen functional groups attached to an aromatic ring is 1. The molecule has 1 aromatic carbocycles. The van der Waals surface area contributed by atoms with E-state index in [0.717, 1.165) is 0 Å². The third-order valence-corrected chi connectivity index (χ3v) is 3.06. The van der Waals surface area contributed by atoms with E-state index >= 15 is 0 Å². The number of alkyl halides is 3. The summed E-state index contributed by atoms with van der Waals surface area (Å²) >= 11 is 0. The highest BCUT2D eigenvalue weighted by Gasteiger charge is 2.36. The van der Waals surface area contributed by atoms with Crippen molar-refractivity contribution >= 4 is 16.6 Å². The molecule has 2 N–H and O–H groups in total. The molecule has 0 saturated heterocycles. The van der Waals surface area contributed by atoms with E-state index in [1.165, 1.54) is 27.2 Å². The molecule has 0 aliphatic heterocycles. The normalized spacial score (nSPS) is 11.7. The van der Waals surface area contributed by atoms with Crippen LogP contribution in [0.3, 0.4) is 0 Å². The molecule has 0 unspecified atom stereocenters. The molecule has 2 aromatic rings. The number of benzene rings is 1. The lowest BCUT2D eigenvalue weighted by Gasteiger charge is -2.16. The van der Waals surface area contributed by atoms with Gasteiger partial charge in [0.25, 0.3) is 0 Å². The van der Waals surface area contributed by atoms with Crippen LogP contribution in [-0.4, -0.2) is 19.2 Å². The SMILES string of the molecule is COc1ccc(OC)c2c(N)c(C)c(C(F)(F)F)nc12. The van der Waals surface area contributed by atoms with Crippen LogP contribution in [0, 0.1) is 6.92 Å². The molecule has 0 bridgehead atoms. The number of ether oxygens (including phenoxy) is 2. The Morgan fingerprint density at radius 3 is 2.15 bits per heavy atom. The molecule has 0 fully saturated rings. The van der Waals surface area contributed by atoms with Gasteiger partial charge in [0, 0.05) is 11.3 Å². The van der Waals surface area contributed by atoms with E-state index in [4.69, 9.17) is 15.2 Å². The molecule has 0 aliphatic carbocycles. The number of rotatable bonds is 2. The van der Waals surface area contributed by atoms with Crippen molar-refractivity contribution in [1.29, 1.82) is 0 Å². The molecule has 0 amide bonds. The topological polar surface area (TPSA) is 57.4 Å². The molecular formula is C13H13F3N2O2. The lowest BCUT2D eigenvalue weighted by atomic mass is 10.1. The van der Waals surface area contributed by atoms with Crippen LogP contribution in [0.15, 0.2) is 12.1 Å². The third-order valence-electron chi connectivity index (χ3n) is 3.06. The highest BCUT2D eigenvalue weighted by atomic mass is 19.4. The first-order valence-electron chi connectivity index (χ1n) is 5.69. The molecule has 0 radical (unpaired) electrons. The fraction of sp³-hybridized carbons (Fsp3) is 0.308. The fourth-order valence-electron chi connectivity index (χ4n) is 2.05. The molecule has 0 saturated carbocycles. The van der Waals surface area contributed by atoms with Crippen molar-refractivity contribution in [3.63, 3.8) is 0 Å². The summed E-state index contributed by atoms with van der Waals surface area (Å²) < 4.78 is 49.1. The summed E-state index contributed by atoms with van der Waals surface area (Å²) in [5.74, 6) is 0.556. The van der Waals surface area contributed by atoms with Crippen LogP contribution in [0.4, 0.5) is 18.9 Å². The second kappa shape index (κ2) is 4.73. The van der Waals surface area contributed by atoms with Gasteiger partial charge in [0.2, 0.25) is 0 Å². The maximum absolute atomic E-state index is 13.0. The zero-order valence-electron chi connectivity index (χ0n) is 11.1. The Morgan fingerprint density at radius 2 is 1.65 bits per heavy atom. The minimum Gasteiger partial charge on any atom is -0.496 e. The van der Waals surface area contributed by atoms with Crippen LogP contribution in [0.5, 0.6) is 11.5 Å². The highest BCUT2D eigenvalue weighted by molar-refractivity contribution is 6.00. The van der Waals surface area contributed by atoms with Gasteiger partial charge in [-0.05, 0) is 19.1 Å². The summed E-state index contributed by atoms with van der Waals surface area (Å²) in [7, 11) is 2.76. The number of nitrogens with zero attached hydrogens (tertiary/aromatic N) is 1. The van der Waals surface area contributed by atoms with E-state index < -0.39 is 11.9 Å². The number of anilines is 1. The van der Waals surface area contributed by atoms with E-state index in [1.807, 2.05) is 0 Å². The number of fused-ring (bicyclic) bond motifs is 1. The summed E-state index contributed by atoms with van der Waals surface area (Å²) in [5.41, 5.74) is 4.71. The Bertz CT molecular complexity index is 669. The molecule has 2 rings (SSSR count). The molecule has 0 atom stereocenters. The van der Waals surface area contributed by atoms with Gasteiger partial charge in [0.05, 0.1) is 19.6 Å². The fourth-order valence-corrected chi connectivity index (χ4v) is 2.05. The average Bonchev–Trinajstić information content (AvgIpc) is 2.39. The van der Waals surface area contributed by atoms with Gasteiger partial charge in [-0.2, -0.15) is 13.2 Å². The second-order valence-electron chi connectivity index (χ2n) is 4.19. The number of halogens is 3. The van der Waals surface area contributed by atoms with Crippen LogP contribution in [0.1, 0.15) is 11.3 Å². The Labute approximate surface area is 113 Å².